The summed E-state index contributed by atoms with van der Waals surface area (Å²) in [5, 5.41) is 17.0. The number of nitrogens with two attached hydrogens (primary N) is 1. The van der Waals surface area contributed by atoms with E-state index in [9.17, 15) is 18.0 Å². The van der Waals surface area contributed by atoms with Crippen molar-refractivity contribution in [1.82, 2.24) is 14.4 Å². The van der Waals surface area contributed by atoms with Gasteiger partial charge in [0.05, 0.1) is 0 Å². The predicted octanol–water partition coefficient (Wildman–Crippen LogP) is 2.29. The molecule has 0 bridgehead atoms. The third-order valence-electron chi connectivity index (χ3n) is 4.37. The van der Waals surface area contributed by atoms with Gasteiger partial charge in [-0.15, -0.1) is 5.11 Å². The highest BCUT2D eigenvalue weighted by molar-refractivity contribution is 7.89. The van der Waals surface area contributed by atoms with Crippen molar-refractivity contribution in [3.05, 3.63) is 18.2 Å². The number of hydrazine groups is 1. The standard InChI is InChI=1S/C18H24N6O4S2/c1-10(2)8-23-17(25)15(18(26)24(23)9-11(3)4)20-21-16-12-6-5-7-13(30(19,27)28)14(12)22-29-16/h5-7,10-11,15H,8-9H2,1-4H3,(H2,19,27,28). The van der Waals surface area contributed by atoms with Gasteiger partial charge in [0.2, 0.25) is 16.1 Å². The van der Waals surface area contributed by atoms with Crippen LogP contribution in [0.1, 0.15) is 27.7 Å². The summed E-state index contributed by atoms with van der Waals surface area (Å²) in [5.74, 6) is -0.488. The molecule has 0 radical (unpaired) electrons. The maximum atomic E-state index is 12.9. The van der Waals surface area contributed by atoms with Gasteiger partial charge in [0.15, 0.2) is 5.00 Å². The van der Waals surface area contributed by atoms with Crippen molar-refractivity contribution in [3.63, 3.8) is 0 Å². The van der Waals surface area contributed by atoms with Gasteiger partial charge in [-0.25, -0.2) is 23.6 Å². The normalized spacial score (nSPS) is 16.4. The van der Waals surface area contributed by atoms with Crippen molar-refractivity contribution >= 4 is 49.3 Å². The molecule has 1 fully saturated rings. The number of sulfonamides is 1. The molecule has 162 valence electrons. The minimum Gasteiger partial charge on any atom is -0.270 e. The van der Waals surface area contributed by atoms with Gasteiger partial charge in [-0.3, -0.25) is 9.59 Å². The van der Waals surface area contributed by atoms with Gasteiger partial charge in [-0.2, -0.15) is 9.49 Å². The summed E-state index contributed by atoms with van der Waals surface area (Å²) in [4.78, 5) is 25.6. The Morgan fingerprint density at radius 2 is 1.67 bits per heavy atom. The van der Waals surface area contributed by atoms with E-state index in [-0.39, 0.29) is 22.2 Å². The van der Waals surface area contributed by atoms with E-state index >= 15 is 0 Å². The second-order valence-electron chi connectivity index (χ2n) is 7.93. The molecular weight excluding hydrogens is 428 g/mol. The lowest BCUT2D eigenvalue weighted by Crippen LogP contribution is -2.44. The van der Waals surface area contributed by atoms with Crippen LogP contribution in [0.5, 0.6) is 0 Å². The minimum absolute atomic E-state index is 0.114. The molecule has 0 spiro atoms. The Morgan fingerprint density at radius 3 is 2.17 bits per heavy atom. The van der Waals surface area contributed by atoms with Crippen LogP contribution in [0.3, 0.4) is 0 Å². The fourth-order valence-corrected chi connectivity index (χ4v) is 4.60. The highest BCUT2D eigenvalue weighted by Gasteiger charge is 2.46. The Morgan fingerprint density at radius 1 is 1.10 bits per heavy atom. The first-order chi connectivity index (χ1) is 14.0. The molecule has 0 aliphatic carbocycles. The fourth-order valence-electron chi connectivity index (χ4n) is 3.13. The number of fused-ring (bicyclic) bond motifs is 1. The third kappa shape index (κ3) is 4.35. The predicted molar refractivity (Wildman–Crippen MR) is 112 cm³/mol. The van der Waals surface area contributed by atoms with Gasteiger partial charge in [0.25, 0.3) is 11.8 Å². The molecule has 1 aliphatic rings. The molecule has 1 aromatic carbocycles. The van der Waals surface area contributed by atoms with E-state index in [1.807, 2.05) is 27.7 Å². The summed E-state index contributed by atoms with van der Waals surface area (Å²) in [6, 6.07) is 3.25. The largest absolute Gasteiger partial charge is 0.277 e. The number of carbonyl (C=O) groups is 2. The number of rotatable bonds is 7. The van der Waals surface area contributed by atoms with Gasteiger partial charge >= 0.3 is 0 Å². The Bertz CT molecular complexity index is 1080. The molecule has 2 amide bonds. The Kier molecular flexibility index (Phi) is 6.20. The number of azo groups is 1. The molecule has 30 heavy (non-hydrogen) atoms. The number of aromatic nitrogens is 1. The third-order valence-corrected chi connectivity index (χ3v) is 6.06. The van der Waals surface area contributed by atoms with Crippen LogP contribution in [-0.2, 0) is 19.6 Å². The number of hydrogen-bond donors (Lipinski definition) is 1. The number of primary sulfonamides is 1. The van der Waals surface area contributed by atoms with Crippen LogP contribution in [0, 0.1) is 11.8 Å². The van der Waals surface area contributed by atoms with Gasteiger partial charge < -0.3 is 0 Å². The average molecular weight is 453 g/mol. The van der Waals surface area contributed by atoms with Crippen LogP contribution < -0.4 is 5.14 Å². The first-order valence-electron chi connectivity index (χ1n) is 9.45. The monoisotopic (exact) mass is 452 g/mol. The lowest BCUT2D eigenvalue weighted by Gasteiger charge is -2.30. The number of benzene rings is 1. The van der Waals surface area contributed by atoms with Gasteiger partial charge in [0.1, 0.15) is 10.4 Å². The lowest BCUT2D eigenvalue weighted by molar-refractivity contribution is -0.148. The molecule has 12 heteroatoms. The zero-order valence-corrected chi connectivity index (χ0v) is 18.8. The van der Waals surface area contributed by atoms with Crippen molar-refractivity contribution < 1.29 is 18.0 Å². The molecule has 3 rings (SSSR count). The highest BCUT2D eigenvalue weighted by Crippen LogP contribution is 2.34. The van der Waals surface area contributed by atoms with Crippen LogP contribution in [0.2, 0.25) is 0 Å². The zero-order valence-electron chi connectivity index (χ0n) is 17.1. The molecular formula is C18H24N6O4S2. The van der Waals surface area contributed by atoms with E-state index in [2.05, 4.69) is 14.6 Å². The highest BCUT2D eigenvalue weighted by atomic mass is 32.2. The summed E-state index contributed by atoms with van der Waals surface area (Å²) in [6.07, 6.45) is 0. The van der Waals surface area contributed by atoms with E-state index in [1.165, 1.54) is 22.2 Å². The molecule has 1 aliphatic heterocycles. The van der Waals surface area contributed by atoms with Crippen LogP contribution in [0.25, 0.3) is 10.9 Å². The molecule has 0 atom stereocenters. The topological polar surface area (TPSA) is 138 Å². The summed E-state index contributed by atoms with van der Waals surface area (Å²) < 4.78 is 27.6. The van der Waals surface area contributed by atoms with Gasteiger partial charge in [-0.1, -0.05) is 33.8 Å². The van der Waals surface area contributed by atoms with Crippen LogP contribution in [0.15, 0.2) is 33.3 Å². The Labute approximate surface area is 178 Å². The second-order valence-corrected chi connectivity index (χ2v) is 10.2. The van der Waals surface area contributed by atoms with Crippen molar-refractivity contribution in [2.75, 3.05) is 13.1 Å². The first kappa shape index (κ1) is 22.2. The van der Waals surface area contributed by atoms with E-state index in [0.717, 1.165) is 11.5 Å². The quantitative estimate of drug-likeness (QED) is 0.507. The van der Waals surface area contributed by atoms with Crippen molar-refractivity contribution in [3.8, 4) is 0 Å². The number of amides is 2. The smallest absolute Gasteiger partial charge is 0.270 e. The molecule has 1 saturated heterocycles. The number of nitrogens with zero attached hydrogens (tertiary/aromatic N) is 5. The summed E-state index contributed by atoms with van der Waals surface area (Å²) in [6.45, 7) is 8.67. The van der Waals surface area contributed by atoms with Crippen LogP contribution >= 0.6 is 11.5 Å². The van der Waals surface area contributed by atoms with E-state index in [1.54, 1.807) is 6.07 Å². The maximum absolute atomic E-state index is 12.9. The zero-order chi connectivity index (χ0) is 22.2. The number of carbonyl (C=O) groups excluding carboxylic acids is 2. The van der Waals surface area contributed by atoms with E-state index < -0.39 is 27.9 Å². The van der Waals surface area contributed by atoms with Gasteiger partial charge in [0, 0.05) is 18.5 Å². The lowest BCUT2D eigenvalue weighted by atomic mass is 10.2. The Hall–Kier alpha value is -2.44. The van der Waals surface area contributed by atoms with E-state index in [0.29, 0.717) is 23.5 Å². The Balaban J connectivity index is 1.94. The minimum atomic E-state index is -3.95. The van der Waals surface area contributed by atoms with Crippen molar-refractivity contribution in [2.45, 2.75) is 38.6 Å². The average Bonchev–Trinajstić information content (AvgIpc) is 3.14. The first-order valence-corrected chi connectivity index (χ1v) is 11.8. The van der Waals surface area contributed by atoms with Gasteiger partial charge in [-0.05, 0) is 35.5 Å². The number of hydrogen-bond acceptors (Lipinski definition) is 8. The van der Waals surface area contributed by atoms with Crippen LogP contribution in [0.4, 0.5) is 5.00 Å². The second kappa shape index (κ2) is 8.36. The summed E-state index contributed by atoms with van der Waals surface area (Å²) >= 11 is 0.922. The molecule has 0 unspecified atom stereocenters. The van der Waals surface area contributed by atoms with Crippen molar-refractivity contribution in [1.29, 1.82) is 0 Å². The molecule has 0 saturated carbocycles. The summed E-state index contributed by atoms with van der Waals surface area (Å²) in [7, 11) is -3.95. The van der Waals surface area contributed by atoms with E-state index in [4.69, 9.17) is 5.14 Å². The molecule has 1 aromatic heterocycles. The molecule has 2 N–H and O–H groups in total. The SMILES string of the molecule is CC(C)CN1C(=O)C(N=Nc2snc3c(S(N)(=O)=O)cccc23)C(=O)N1CC(C)C. The van der Waals surface area contributed by atoms with Crippen molar-refractivity contribution in [2.24, 2.45) is 27.2 Å². The van der Waals surface area contributed by atoms with Crippen LogP contribution in [-0.4, -0.2) is 53.8 Å². The maximum Gasteiger partial charge on any atom is 0.277 e. The fraction of sp³-hybridized carbons (Fsp3) is 0.500. The molecule has 2 heterocycles. The molecule has 2 aromatic rings. The summed E-state index contributed by atoms with van der Waals surface area (Å²) in [5.41, 5.74) is 0.186. The molecule has 10 nitrogen and oxygen atoms in total.